The molecule has 0 aromatic rings. The van der Waals surface area contributed by atoms with Gasteiger partial charge >= 0.3 is 11.9 Å². The van der Waals surface area contributed by atoms with Crippen LogP contribution in [0.4, 0.5) is 0 Å². The summed E-state index contributed by atoms with van der Waals surface area (Å²) in [5, 5.41) is 23.1. The van der Waals surface area contributed by atoms with E-state index in [0.29, 0.717) is 18.3 Å². The first-order chi connectivity index (χ1) is 22.8. The highest BCUT2D eigenvalue weighted by atomic mass is 16.6. The van der Waals surface area contributed by atoms with Crippen molar-refractivity contribution in [3.63, 3.8) is 0 Å². The van der Waals surface area contributed by atoms with Crippen molar-refractivity contribution in [2.45, 2.75) is 165 Å². The summed E-state index contributed by atoms with van der Waals surface area (Å²) in [6.45, 7) is 24.4. The highest BCUT2D eigenvalue weighted by molar-refractivity contribution is 6.00. The van der Waals surface area contributed by atoms with Crippen molar-refractivity contribution >= 4 is 17.7 Å². The number of fused-ring (bicyclic) bond motifs is 7. The number of rotatable bonds is 8. The molecule has 0 amide bonds. The molecule has 1 N–H and O–H groups in total. The molecule has 0 radical (unpaired) electrons. The summed E-state index contributed by atoms with van der Waals surface area (Å²) < 4.78 is 11.9. The maximum absolute atomic E-state index is 13.7. The van der Waals surface area contributed by atoms with E-state index in [0.717, 1.165) is 56.1 Å². The van der Waals surface area contributed by atoms with Crippen LogP contribution in [-0.2, 0) is 23.9 Å². The normalized spacial score (nSPS) is 38.8. The first-order valence-corrected chi connectivity index (χ1v) is 19.3. The van der Waals surface area contributed by atoms with Gasteiger partial charge in [-0.3, -0.25) is 24.5 Å². The Morgan fingerprint density at radius 2 is 1.56 bits per heavy atom. The van der Waals surface area contributed by atoms with Gasteiger partial charge in [-0.15, -0.1) is 0 Å². The first kappa shape index (κ1) is 38.9. The second-order valence-corrected chi connectivity index (χ2v) is 20.3. The molecule has 0 heterocycles. The molecule has 282 valence electrons. The summed E-state index contributed by atoms with van der Waals surface area (Å²) in [7, 11) is 0. The summed E-state index contributed by atoms with van der Waals surface area (Å²) in [6, 6.07) is 0. The third kappa shape index (κ3) is 5.97. The van der Waals surface area contributed by atoms with Crippen LogP contribution in [-0.4, -0.2) is 52.1 Å². The molecule has 0 saturated heterocycles. The van der Waals surface area contributed by atoms with Crippen LogP contribution >= 0.6 is 0 Å². The van der Waals surface area contributed by atoms with Crippen molar-refractivity contribution in [1.82, 2.24) is 0 Å². The minimum atomic E-state index is -1.18. The van der Waals surface area contributed by atoms with E-state index in [4.69, 9.17) is 9.47 Å². The highest BCUT2D eigenvalue weighted by Crippen LogP contribution is 2.77. The second-order valence-electron chi connectivity index (χ2n) is 20.3. The molecule has 5 rings (SSSR count). The molecule has 1 unspecified atom stereocenters. The van der Waals surface area contributed by atoms with Gasteiger partial charge in [0.1, 0.15) is 17.8 Å². The number of carbonyl (C=O) groups is 3. The van der Waals surface area contributed by atoms with Gasteiger partial charge < -0.3 is 14.6 Å². The molecular weight excluding hydrogens is 634 g/mol. The molecule has 0 aromatic heterocycles. The summed E-state index contributed by atoms with van der Waals surface area (Å²) in [5.41, 5.74) is -1.00. The fourth-order valence-electron chi connectivity index (χ4n) is 12.6. The molecule has 50 heavy (non-hydrogen) atoms. The lowest BCUT2D eigenvalue weighted by atomic mass is 9.33. The average Bonchev–Trinajstić information content (AvgIpc) is 3.27. The number of nitrogens with zero attached hydrogens (tertiary/aromatic N) is 1. The van der Waals surface area contributed by atoms with Crippen LogP contribution in [0.15, 0.2) is 11.1 Å². The number of carbonyl (C=O) groups excluding carboxylic acids is 3. The second kappa shape index (κ2) is 12.4. The number of hydrogen-bond acceptors (Lipinski definition) is 8. The van der Waals surface area contributed by atoms with E-state index < -0.39 is 40.0 Å². The van der Waals surface area contributed by atoms with E-state index in [1.165, 1.54) is 0 Å². The fraction of sp³-hybridized carbons (Fsp3) is 0.878. The van der Waals surface area contributed by atoms with E-state index >= 15 is 0 Å². The predicted molar refractivity (Wildman–Crippen MR) is 191 cm³/mol. The van der Waals surface area contributed by atoms with E-state index in [1.807, 2.05) is 34.6 Å². The number of aliphatic hydroxyl groups is 1. The fourth-order valence-corrected chi connectivity index (χ4v) is 12.6. The van der Waals surface area contributed by atoms with Gasteiger partial charge in [0.25, 0.3) is 0 Å². The largest absolute Gasteiger partial charge is 0.462 e. The van der Waals surface area contributed by atoms with Crippen molar-refractivity contribution in [1.29, 1.82) is 0 Å². The first-order valence-electron chi connectivity index (χ1n) is 19.3. The Balaban J connectivity index is 1.41. The zero-order valence-electron chi connectivity index (χ0n) is 33.0. The molecular formula is C41H65NO8. The van der Waals surface area contributed by atoms with Gasteiger partial charge in [-0.2, -0.15) is 0 Å². The number of allylic oxidation sites excluding steroid dienone is 1. The van der Waals surface area contributed by atoms with Gasteiger partial charge in [0.2, 0.25) is 6.54 Å². The SMILES string of the molecule is CC(C)C1=C2[C@H]3CC[C@@H]4[C@@]5(C)CC[C@H](OC(=O)CC(C)(C)C(=O)OC(C)(C)C)C(C)(C)C5CC[C@@]4(C)[C@]3(C)CC[C@@]2([C@@H](O)C[N+](=O)[O-])CC1=O. The lowest BCUT2D eigenvalue weighted by molar-refractivity contribution is -0.494. The molecule has 5 aliphatic rings. The standard InChI is InChI=1S/C41H65NO8/c1-24(2)32-26(43)21-41(29(44)23-42(47)48)20-19-39(11)25(33(32)41)13-14-28-38(10)17-16-30(37(8,9)27(38)15-18-40(28,39)12)49-31(45)22-36(6,7)34(46)50-35(3,4)5/h24-25,27-30,44H,13-23H2,1-12H3/t25-,27?,28-,29+,30+,38+,39-,40-,41+/m1/s1. The summed E-state index contributed by atoms with van der Waals surface area (Å²) in [4.78, 5) is 51.2. The van der Waals surface area contributed by atoms with Crippen LogP contribution in [0.1, 0.15) is 147 Å². The molecule has 0 aromatic carbocycles. The molecule has 4 saturated carbocycles. The number of ether oxygens (including phenoxy) is 2. The van der Waals surface area contributed by atoms with Crippen LogP contribution in [0.5, 0.6) is 0 Å². The monoisotopic (exact) mass is 699 g/mol. The van der Waals surface area contributed by atoms with Crippen molar-refractivity contribution in [3.8, 4) is 0 Å². The minimum Gasteiger partial charge on any atom is -0.462 e. The summed E-state index contributed by atoms with van der Waals surface area (Å²) in [6.07, 6.45) is 5.78. The number of hydrogen-bond donors (Lipinski definition) is 1. The van der Waals surface area contributed by atoms with Crippen LogP contribution in [0.2, 0.25) is 0 Å². The quantitative estimate of drug-likeness (QED) is 0.152. The number of esters is 2. The van der Waals surface area contributed by atoms with Crippen LogP contribution in [0.25, 0.3) is 0 Å². The number of nitro groups is 1. The summed E-state index contributed by atoms with van der Waals surface area (Å²) >= 11 is 0. The topological polar surface area (TPSA) is 133 Å². The van der Waals surface area contributed by atoms with Gasteiger partial charge in [-0.1, -0.05) is 54.0 Å². The third-order valence-electron chi connectivity index (χ3n) is 15.2. The maximum atomic E-state index is 13.7. The van der Waals surface area contributed by atoms with Gasteiger partial charge in [0, 0.05) is 22.2 Å². The Labute approximate surface area is 300 Å². The molecule has 0 spiro atoms. The molecule has 4 fully saturated rings. The van der Waals surface area contributed by atoms with E-state index in [9.17, 15) is 29.6 Å². The zero-order chi connectivity index (χ0) is 37.6. The molecule has 9 nitrogen and oxygen atoms in total. The van der Waals surface area contributed by atoms with Crippen molar-refractivity contribution < 1.29 is 33.9 Å². The number of Topliss-reactive ketones (excluding diaryl/α,β-unsaturated/α-hetero) is 1. The third-order valence-corrected chi connectivity index (χ3v) is 15.2. The summed E-state index contributed by atoms with van der Waals surface area (Å²) in [5.74, 6) is 0.155. The Morgan fingerprint density at radius 3 is 2.14 bits per heavy atom. The Bertz CT molecular complexity index is 1450. The lowest BCUT2D eigenvalue weighted by Crippen LogP contribution is -2.66. The average molecular weight is 700 g/mol. The van der Waals surface area contributed by atoms with Gasteiger partial charge in [-0.25, -0.2) is 0 Å². The Kier molecular flexibility index (Phi) is 9.66. The predicted octanol–water partition coefficient (Wildman–Crippen LogP) is 8.27. The maximum Gasteiger partial charge on any atom is 0.312 e. The Hall–Kier alpha value is -2.29. The molecule has 0 aliphatic heterocycles. The van der Waals surface area contributed by atoms with E-state index in [-0.39, 0.29) is 64.2 Å². The Morgan fingerprint density at radius 1 is 0.920 bits per heavy atom. The van der Waals surface area contributed by atoms with Crippen molar-refractivity contribution in [3.05, 3.63) is 21.3 Å². The van der Waals surface area contributed by atoms with Crippen LogP contribution in [0.3, 0.4) is 0 Å². The van der Waals surface area contributed by atoms with Crippen molar-refractivity contribution in [2.24, 2.45) is 56.2 Å². The van der Waals surface area contributed by atoms with Gasteiger partial charge in [-0.05, 0) is 131 Å². The minimum absolute atomic E-state index is 0.00295. The lowest BCUT2D eigenvalue weighted by Gasteiger charge is -2.72. The molecule has 0 bridgehead atoms. The number of ketones is 1. The number of aliphatic hydroxyl groups excluding tert-OH is 1. The zero-order valence-corrected chi connectivity index (χ0v) is 33.0. The van der Waals surface area contributed by atoms with Crippen LogP contribution < -0.4 is 0 Å². The van der Waals surface area contributed by atoms with Crippen LogP contribution in [0, 0.1) is 66.3 Å². The van der Waals surface area contributed by atoms with Crippen molar-refractivity contribution in [2.75, 3.05) is 6.54 Å². The van der Waals surface area contributed by atoms with Gasteiger partial charge in [0.15, 0.2) is 5.78 Å². The van der Waals surface area contributed by atoms with Gasteiger partial charge in [0.05, 0.1) is 11.8 Å². The molecule has 9 atom stereocenters. The van der Waals surface area contributed by atoms with E-state index in [1.54, 1.807) is 13.8 Å². The van der Waals surface area contributed by atoms with E-state index in [2.05, 4.69) is 34.6 Å². The highest BCUT2D eigenvalue weighted by Gasteiger charge is 2.71. The smallest absolute Gasteiger partial charge is 0.312 e. The molecule has 9 heteroatoms. The molecule has 5 aliphatic carbocycles.